The zero-order valence-electron chi connectivity index (χ0n) is 17.6. The van der Waals surface area contributed by atoms with Gasteiger partial charge in [-0.1, -0.05) is 74.5 Å². The monoisotopic (exact) mass is 368 g/mol. The van der Waals surface area contributed by atoms with Crippen LogP contribution in [0.2, 0.25) is 0 Å². The average Bonchev–Trinajstić information content (AvgIpc) is 3.16. The van der Waals surface area contributed by atoms with Crippen LogP contribution in [-0.2, 0) is 19.3 Å². The lowest BCUT2D eigenvalue weighted by molar-refractivity contribution is 0.586. The largest absolute Gasteiger partial charge is 0.0995 e. The molecule has 0 nitrogen and oxygen atoms in total. The van der Waals surface area contributed by atoms with Crippen LogP contribution in [0.3, 0.4) is 0 Å². The second-order valence-electron chi connectivity index (χ2n) is 9.02. The van der Waals surface area contributed by atoms with Crippen molar-refractivity contribution in [3.05, 3.63) is 94.1 Å². The third-order valence-corrected chi connectivity index (χ3v) is 6.30. The summed E-state index contributed by atoms with van der Waals surface area (Å²) < 4.78 is 0. The molecule has 0 aromatic heterocycles. The SMILES string of the molecule is C=C1CCc2cc(C3=CCC(c4ccc(CCC(C)C)c(C)c4)=C3)ccc2C1. The molecule has 0 heterocycles. The number of benzene rings is 2. The standard InChI is InChI=1S/C28H32/c1-19(2)5-7-22-9-10-24(16-21(22)4)26-13-14-28(18-26)27-12-11-23-15-20(3)6-8-25(23)17-27/h9-12,14,16-19H,3,5-8,13,15H2,1-2,4H3. The van der Waals surface area contributed by atoms with E-state index in [-0.39, 0.29) is 0 Å². The van der Waals surface area contributed by atoms with Crippen LogP contribution in [0.15, 0.2) is 60.7 Å². The van der Waals surface area contributed by atoms with Gasteiger partial charge in [-0.05, 0) is 95.9 Å². The quantitative estimate of drug-likeness (QED) is 0.479. The molecule has 0 radical (unpaired) electrons. The molecule has 2 aromatic rings. The lowest BCUT2D eigenvalue weighted by Crippen LogP contribution is -2.05. The zero-order valence-corrected chi connectivity index (χ0v) is 17.6. The molecule has 0 unspecified atom stereocenters. The van der Waals surface area contributed by atoms with Crippen molar-refractivity contribution >= 4 is 11.1 Å². The first kappa shape index (κ1) is 19.0. The molecule has 2 aromatic carbocycles. The molecule has 144 valence electrons. The fourth-order valence-corrected chi connectivity index (χ4v) is 4.43. The highest BCUT2D eigenvalue weighted by Gasteiger charge is 2.15. The topological polar surface area (TPSA) is 0 Å². The van der Waals surface area contributed by atoms with Gasteiger partial charge >= 0.3 is 0 Å². The average molecular weight is 369 g/mol. The van der Waals surface area contributed by atoms with Gasteiger partial charge in [0.1, 0.15) is 0 Å². The summed E-state index contributed by atoms with van der Waals surface area (Å²) in [6.07, 6.45) is 11.6. The maximum absolute atomic E-state index is 4.17. The number of allylic oxidation sites excluding steroid dienone is 5. The van der Waals surface area contributed by atoms with Crippen LogP contribution in [0.5, 0.6) is 0 Å². The van der Waals surface area contributed by atoms with E-state index in [2.05, 4.69) is 75.9 Å². The summed E-state index contributed by atoms with van der Waals surface area (Å²) in [7, 11) is 0. The molecule has 0 bridgehead atoms. The van der Waals surface area contributed by atoms with E-state index in [1.165, 1.54) is 62.9 Å². The van der Waals surface area contributed by atoms with Gasteiger partial charge in [0.05, 0.1) is 0 Å². The molecular weight excluding hydrogens is 336 g/mol. The van der Waals surface area contributed by atoms with E-state index in [9.17, 15) is 0 Å². The summed E-state index contributed by atoms with van der Waals surface area (Å²) in [5, 5.41) is 0. The minimum atomic E-state index is 0.762. The lowest BCUT2D eigenvalue weighted by atomic mass is 9.87. The van der Waals surface area contributed by atoms with Gasteiger partial charge < -0.3 is 0 Å². The Morgan fingerprint density at radius 1 is 0.964 bits per heavy atom. The van der Waals surface area contributed by atoms with Crippen LogP contribution in [0.25, 0.3) is 11.1 Å². The zero-order chi connectivity index (χ0) is 19.7. The molecule has 2 aliphatic carbocycles. The third kappa shape index (κ3) is 4.07. The van der Waals surface area contributed by atoms with Crippen LogP contribution >= 0.6 is 0 Å². The Morgan fingerprint density at radius 2 is 1.79 bits per heavy atom. The first-order valence-electron chi connectivity index (χ1n) is 10.8. The van der Waals surface area contributed by atoms with Gasteiger partial charge in [-0.15, -0.1) is 0 Å². The summed E-state index contributed by atoms with van der Waals surface area (Å²) in [6, 6.07) is 14.1. The number of fused-ring (bicyclic) bond motifs is 1. The van der Waals surface area contributed by atoms with E-state index in [0.717, 1.165) is 31.6 Å². The molecule has 0 saturated heterocycles. The molecule has 0 saturated carbocycles. The molecule has 0 fully saturated rings. The smallest absolute Gasteiger partial charge is 0.00670 e. The van der Waals surface area contributed by atoms with Crippen LogP contribution in [0, 0.1) is 12.8 Å². The second-order valence-corrected chi connectivity index (χ2v) is 9.02. The maximum Gasteiger partial charge on any atom is -0.00670 e. The highest BCUT2D eigenvalue weighted by atomic mass is 14.2. The molecule has 28 heavy (non-hydrogen) atoms. The van der Waals surface area contributed by atoms with Crippen molar-refractivity contribution in [3.8, 4) is 0 Å². The van der Waals surface area contributed by atoms with Gasteiger partial charge in [-0.2, -0.15) is 0 Å². The van der Waals surface area contributed by atoms with Gasteiger partial charge in [-0.25, -0.2) is 0 Å². The van der Waals surface area contributed by atoms with Gasteiger partial charge in [0, 0.05) is 0 Å². The molecule has 0 atom stereocenters. The predicted octanol–water partition coefficient (Wildman–Crippen LogP) is 7.50. The van der Waals surface area contributed by atoms with E-state index < -0.39 is 0 Å². The Bertz CT molecular complexity index is 966. The Hall–Kier alpha value is -2.34. The number of hydrogen-bond acceptors (Lipinski definition) is 0. The van der Waals surface area contributed by atoms with E-state index in [4.69, 9.17) is 0 Å². The minimum absolute atomic E-state index is 0.762. The van der Waals surface area contributed by atoms with Gasteiger partial charge in [-0.3, -0.25) is 0 Å². The van der Waals surface area contributed by atoms with Gasteiger partial charge in [0.15, 0.2) is 0 Å². The Balaban J connectivity index is 1.52. The first-order chi connectivity index (χ1) is 13.5. The van der Waals surface area contributed by atoms with Crippen molar-refractivity contribution in [1.29, 1.82) is 0 Å². The third-order valence-electron chi connectivity index (χ3n) is 6.30. The molecule has 0 aliphatic heterocycles. The predicted molar refractivity (Wildman–Crippen MR) is 123 cm³/mol. The lowest BCUT2D eigenvalue weighted by Gasteiger charge is -2.18. The van der Waals surface area contributed by atoms with Crippen LogP contribution in [0.1, 0.15) is 66.5 Å². The molecule has 2 aliphatic rings. The highest BCUT2D eigenvalue weighted by molar-refractivity contribution is 5.89. The highest BCUT2D eigenvalue weighted by Crippen LogP contribution is 2.35. The van der Waals surface area contributed by atoms with Crippen LogP contribution in [-0.4, -0.2) is 0 Å². The Morgan fingerprint density at radius 3 is 2.57 bits per heavy atom. The fourth-order valence-electron chi connectivity index (χ4n) is 4.43. The van der Waals surface area contributed by atoms with Crippen molar-refractivity contribution < 1.29 is 0 Å². The van der Waals surface area contributed by atoms with Crippen LogP contribution < -0.4 is 0 Å². The molecule has 0 amide bonds. The van der Waals surface area contributed by atoms with Crippen molar-refractivity contribution in [2.75, 3.05) is 0 Å². The maximum atomic E-state index is 4.17. The fraction of sp³-hybridized carbons (Fsp3) is 0.357. The summed E-state index contributed by atoms with van der Waals surface area (Å²) in [5.74, 6) is 0.762. The van der Waals surface area contributed by atoms with Gasteiger partial charge in [0.2, 0.25) is 0 Å². The summed E-state index contributed by atoms with van der Waals surface area (Å²) in [6.45, 7) is 11.0. The first-order valence-corrected chi connectivity index (χ1v) is 10.8. The second kappa shape index (κ2) is 7.95. The number of rotatable bonds is 5. The Kier molecular flexibility index (Phi) is 5.40. The molecule has 4 rings (SSSR count). The van der Waals surface area contributed by atoms with Crippen molar-refractivity contribution in [2.24, 2.45) is 5.92 Å². The number of aryl methyl sites for hydroxylation is 3. The van der Waals surface area contributed by atoms with E-state index in [0.29, 0.717) is 0 Å². The van der Waals surface area contributed by atoms with E-state index in [1.54, 1.807) is 0 Å². The minimum Gasteiger partial charge on any atom is -0.0995 e. The molecule has 0 spiro atoms. The summed E-state index contributed by atoms with van der Waals surface area (Å²) in [5.41, 5.74) is 12.9. The molecule has 0 heteroatoms. The van der Waals surface area contributed by atoms with E-state index >= 15 is 0 Å². The Labute approximate surface area is 170 Å². The normalized spacial score (nSPS) is 16.2. The van der Waals surface area contributed by atoms with Gasteiger partial charge in [0.25, 0.3) is 0 Å². The van der Waals surface area contributed by atoms with E-state index in [1.807, 2.05) is 0 Å². The summed E-state index contributed by atoms with van der Waals surface area (Å²) >= 11 is 0. The summed E-state index contributed by atoms with van der Waals surface area (Å²) in [4.78, 5) is 0. The number of hydrogen-bond donors (Lipinski definition) is 0. The molecule has 0 N–H and O–H groups in total. The van der Waals surface area contributed by atoms with Crippen molar-refractivity contribution in [2.45, 2.75) is 59.3 Å². The molecular formula is C28H32. The van der Waals surface area contributed by atoms with Crippen molar-refractivity contribution in [1.82, 2.24) is 0 Å². The van der Waals surface area contributed by atoms with Crippen molar-refractivity contribution in [3.63, 3.8) is 0 Å². The van der Waals surface area contributed by atoms with Crippen LogP contribution in [0.4, 0.5) is 0 Å².